The van der Waals surface area contributed by atoms with Gasteiger partial charge in [-0.3, -0.25) is 9.10 Å². The first-order valence-corrected chi connectivity index (χ1v) is 10.8. The summed E-state index contributed by atoms with van der Waals surface area (Å²) < 4.78 is 33.3. The van der Waals surface area contributed by atoms with Gasteiger partial charge in [-0.1, -0.05) is 51.1 Å². The largest absolute Gasteiger partial charge is 0.469 e. The number of anilines is 1. The van der Waals surface area contributed by atoms with Gasteiger partial charge in [-0.2, -0.15) is 0 Å². The maximum atomic E-state index is 13.5. The van der Waals surface area contributed by atoms with E-state index in [1.165, 1.54) is 11.4 Å². The molecule has 5 nitrogen and oxygen atoms in total. The molecule has 2 aromatic carbocycles. The Bertz CT molecular complexity index is 974. The van der Waals surface area contributed by atoms with Crippen LogP contribution in [0.1, 0.15) is 51.2 Å². The Kier molecular flexibility index (Phi) is 5.28. The monoisotopic (exact) mass is 401 g/mol. The first kappa shape index (κ1) is 20.4. The molecule has 0 aromatic heterocycles. The minimum absolute atomic E-state index is 0.0545. The summed E-state index contributed by atoms with van der Waals surface area (Å²) in [5.41, 5.74) is 2.24. The Hall–Kier alpha value is -2.34. The molecule has 1 aliphatic rings. The molecule has 1 heterocycles. The number of ether oxygens (including phenoxy) is 1. The minimum atomic E-state index is -3.76. The van der Waals surface area contributed by atoms with E-state index in [4.69, 9.17) is 4.74 Å². The number of methoxy groups -OCH3 is 1. The third-order valence-electron chi connectivity index (χ3n) is 5.29. The fourth-order valence-electron chi connectivity index (χ4n) is 3.76. The molecule has 2 atom stereocenters. The van der Waals surface area contributed by atoms with Gasteiger partial charge in [-0.25, -0.2) is 8.42 Å². The molecule has 150 valence electrons. The quantitative estimate of drug-likeness (QED) is 0.722. The van der Waals surface area contributed by atoms with Crippen molar-refractivity contribution in [1.82, 2.24) is 0 Å². The van der Waals surface area contributed by atoms with E-state index in [-0.39, 0.29) is 22.3 Å². The number of hydrogen-bond donors (Lipinski definition) is 0. The van der Waals surface area contributed by atoms with Gasteiger partial charge in [-0.15, -0.1) is 0 Å². The summed E-state index contributed by atoms with van der Waals surface area (Å²) in [5, 5.41) is 0. The number of para-hydroxylation sites is 1. The Balaban J connectivity index is 2.07. The van der Waals surface area contributed by atoms with Gasteiger partial charge in [0.2, 0.25) is 0 Å². The van der Waals surface area contributed by atoms with Crippen molar-refractivity contribution in [2.75, 3.05) is 11.4 Å². The highest BCUT2D eigenvalue weighted by molar-refractivity contribution is 7.92. The summed E-state index contributed by atoms with van der Waals surface area (Å²) in [6.45, 7) is 8.10. The van der Waals surface area contributed by atoms with Gasteiger partial charge in [0.05, 0.1) is 23.6 Å². The second-order valence-electron chi connectivity index (χ2n) is 8.29. The number of sulfonamides is 1. The standard InChI is InChI=1S/C22H27NO4S/c1-15-14-19(21(24)27-5)18-8-6-7-9-20(18)23(15)28(25,26)17-12-10-16(11-13-17)22(2,3)4/h6-13,15,19H,14H2,1-5H3. The van der Waals surface area contributed by atoms with Gasteiger partial charge < -0.3 is 4.74 Å². The molecule has 0 aliphatic carbocycles. The molecular weight excluding hydrogens is 374 g/mol. The third kappa shape index (κ3) is 3.53. The Morgan fingerprint density at radius 2 is 1.68 bits per heavy atom. The molecule has 0 fully saturated rings. The molecule has 0 radical (unpaired) electrons. The summed E-state index contributed by atoms with van der Waals surface area (Å²) in [6.07, 6.45) is 0.378. The molecular formula is C22H27NO4S. The second kappa shape index (κ2) is 7.24. The summed E-state index contributed by atoms with van der Waals surface area (Å²) in [5.74, 6) is -0.809. The summed E-state index contributed by atoms with van der Waals surface area (Å²) in [7, 11) is -2.40. The van der Waals surface area contributed by atoms with Crippen molar-refractivity contribution < 1.29 is 17.9 Å². The van der Waals surface area contributed by atoms with E-state index in [1.54, 1.807) is 30.3 Å². The van der Waals surface area contributed by atoms with Gasteiger partial charge in [-0.05, 0) is 48.1 Å². The lowest BCUT2D eigenvalue weighted by molar-refractivity contribution is -0.142. The molecule has 2 unspecified atom stereocenters. The molecule has 0 amide bonds. The van der Waals surface area contributed by atoms with E-state index >= 15 is 0 Å². The zero-order valence-electron chi connectivity index (χ0n) is 17.0. The van der Waals surface area contributed by atoms with Crippen LogP contribution in [0.25, 0.3) is 0 Å². The number of benzene rings is 2. The fourth-order valence-corrected chi connectivity index (χ4v) is 5.45. The van der Waals surface area contributed by atoms with Gasteiger partial charge in [0, 0.05) is 6.04 Å². The maximum absolute atomic E-state index is 13.5. The molecule has 0 saturated heterocycles. The van der Waals surface area contributed by atoms with E-state index in [2.05, 4.69) is 20.8 Å². The number of carbonyl (C=O) groups excluding carboxylic acids is 1. The zero-order chi connectivity index (χ0) is 20.7. The van der Waals surface area contributed by atoms with Crippen LogP contribution in [0.15, 0.2) is 53.4 Å². The molecule has 0 bridgehead atoms. The van der Waals surface area contributed by atoms with Crippen LogP contribution >= 0.6 is 0 Å². The molecule has 1 aliphatic heterocycles. The smallest absolute Gasteiger partial charge is 0.313 e. The van der Waals surface area contributed by atoms with Crippen molar-refractivity contribution in [2.45, 2.75) is 56.4 Å². The van der Waals surface area contributed by atoms with E-state index in [1.807, 2.05) is 25.1 Å². The average molecular weight is 402 g/mol. The number of fused-ring (bicyclic) bond motifs is 1. The lowest BCUT2D eigenvalue weighted by atomic mass is 9.87. The minimum Gasteiger partial charge on any atom is -0.469 e. The van der Waals surface area contributed by atoms with Crippen LogP contribution in [0.3, 0.4) is 0 Å². The van der Waals surface area contributed by atoms with E-state index < -0.39 is 15.9 Å². The number of hydrogen-bond acceptors (Lipinski definition) is 4. The highest BCUT2D eigenvalue weighted by Crippen LogP contribution is 2.42. The Morgan fingerprint density at radius 1 is 1.07 bits per heavy atom. The van der Waals surface area contributed by atoms with Gasteiger partial charge in [0.25, 0.3) is 10.0 Å². The van der Waals surface area contributed by atoms with Crippen LogP contribution in [-0.2, 0) is 25.0 Å². The predicted molar refractivity (Wildman–Crippen MR) is 110 cm³/mol. The SMILES string of the molecule is COC(=O)C1CC(C)N(S(=O)(=O)c2ccc(C(C)(C)C)cc2)c2ccccc21. The predicted octanol–water partition coefficient (Wildman–Crippen LogP) is 4.23. The van der Waals surface area contributed by atoms with Crippen LogP contribution < -0.4 is 4.31 Å². The van der Waals surface area contributed by atoms with Gasteiger partial charge in [0.1, 0.15) is 0 Å². The number of nitrogens with zero attached hydrogens (tertiary/aromatic N) is 1. The van der Waals surface area contributed by atoms with Crippen molar-refractivity contribution >= 4 is 21.7 Å². The Labute approximate surface area is 167 Å². The van der Waals surface area contributed by atoms with E-state index in [9.17, 15) is 13.2 Å². The molecule has 28 heavy (non-hydrogen) atoms. The summed E-state index contributed by atoms with van der Waals surface area (Å²) in [4.78, 5) is 12.5. The lowest BCUT2D eigenvalue weighted by Crippen LogP contribution is -2.44. The summed E-state index contributed by atoms with van der Waals surface area (Å²) >= 11 is 0. The molecule has 6 heteroatoms. The summed E-state index contributed by atoms with van der Waals surface area (Å²) in [6, 6.07) is 13.8. The molecule has 3 rings (SSSR count). The van der Waals surface area contributed by atoms with Gasteiger partial charge >= 0.3 is 5.97 Å². The molecule has 0 N–H and O–H groups in total. The van der Waals surface area contributed by atoms with Crippen molar-refractivity contribution in [1.29, 1.82) is 0 Å². The van der Waals surface area contributed by atoms with Crippen molar-refractivity contribution in [3.05, 3.63) is 59.7 Å². The first-order valence-electron chi connectivity index (χ1n) is 9.39. The zero-order valence-corrected chi connectivity index (χ0v) is 17.8. The van der Waals surface area contributed by atoms with Crippen LogP contribution in [0.4, 0.5) is 5.69 Å². The van der Waals surface area contributed by atoms with Crippen molar-refractivity contribution in [3.63, 3.8) is 0 Å². The lowest BCUT2D eigenvalue weighted by Gasteiger charge is -2.38. The van der Waals surface area contributed by atoms with Crippen molar-refractivity contribution in [3.8, 4) is 0 Å². The van der Waals surface area contributed by atoms with Crippen LogP contribution in [0.5, 0.6) is 0 Å². The normalized spacial score (nSPS) is 19.8. The van der Waals surface area contributed by atoms with Crippen LogP contribution in [-0.4, -0.2) is 27.5 Å². The number of esters is 1. The van der Waals surface area contributed by atoms with Gasteiger partial charge in [0.15, 0.2) is 0 Å². The number of carbonyl (C=O) groups is 1. The number of rotatable bonds is 3. The highest BCUT2D eigenvalue weighted by Gasteiger charge is 2.40. The molecule has 0 spiro atoms. The van der Waals surface area contributed by atoms with Crippen LogP contribution in [0, 0.1) is 0 Å². The maximum Gasteiger partial charge on any atom is 0.313 e. The second-order valence-corrected chi connectivity index (χ2v) is 10.1. The fraction of sp³-hybridized carbons (Fsp3) is 0.409. The van der Waals surface area contributed by atoms with Crippen LogP contribution in [0.2, 0.25) is 0 Å². The van der Waals surface area contributed by atoms with Crippen molar-refractivity contribution in [2.24, 2.45) is 0 Å². The first-order chi connectivity index (χ1) is 13.1. The van der Waals surface area contributed by atoms with E-state index in [0.717, 1.165) is 5.56 Å². The highest BCUT2D eigenvalue weighted by atomic mass is 32.2. The average Bonchev–Trinajstić information content (AvgIpc) is 2.65. The topological polar surface area (TPSA) is 63.7 Å². The van der Waals surface area contributed by atoms with E-state index in [0.29, 0.717) is 17.7 Å². The Morgan fingerprint density at radius 3 is 2.25 bits per heavy atom. The molecule has 2 aromatic rings. The third-order valence-corrected chi connectivity index (χ3v) is 7.23. The molecule has 0 saturated carbocycles.